The minimum Gasteiger partial charge on any atom is -0.457 e. The Morgan fingerprint density at radius 3 is 2.31 bits per heavy atom. The highest BCUT2D eigenvalue weighted by Gasteiger charge is 2.17. The van der Waals surface area contributed by atoms with Crippen LogP contribution in [0.4, 0.5) is 0 Å². The van der Waals surface area contributed by atoms with Crippen LogP contribution in [0.25, 0.3) is 10.9 Å². The van der Waals surface area contributed by atoms with Crippen molar-refractivity contribution in [3.8, 4) is 11.5 Å². The van der Waals surface area contributed by atoms with Gasteiger partial charge in [0.15, 0.2) is 11.9 Å². The third-order valence-corrected chi connectivity index (χ3v) is 4.37. The largest absolute Gasteiger partial charge is 0.457 e. The van der Waals surface area contributed by atoms with Crippen molar-refractivity contribution in [1.82, 2.24) is 9.97 Å². The quantitative estimate of drug-likeness (QED) is 0.506. The Morgan fingerprint density at radius 2 is 1.55 bits per heavy atom. The van der Waals surface area contributed by atoms with E-state index in [4.69, 9.17) is 9.47 Å². The highest BCUT2D eigenvalue weighted by Crippen LogP contribution is 2.22. The van der Waals surface area contributed by atoms with Gasteiger partial charge in [0.2, 0.25) is 0 Å². The van der Waals surface area contributed by atoms with Crippen LogP contribution in [-0.2, 0) is 4.74 Å². The molecule has 0 saturated carbocycles. The van der Waals surface area contributed by atoms with E-state index in [1.54, 1.807) is 55.5 Å². The molecular weight excluding hydrogens is 368 g/mol. The van der Waals surface area contributed by atoms with Crippen LogP contribution in [0.1, 0.15) is 29.2 Å². The predicted octanol–water partition coefficient (Wildman–Crippen LogP) is 4.63. The van der Waals surface area contributed by atoms with Crippen molar-refractivity contribution in [3.63, 3.8) is 0 Å². The van der Waals surface area contributed by atoms with Crippen LogP contribution >= 0.6 is 0 Å². The number of carbonyl (C=O) groups excluding carboxylic acids is 1. The summed E-state index contributed by atoms with van der Waals surface area (Å²) in [5.74, 6) is 1.11. The molecule has 6 heteroatoms. The molecule has 1 atom stereocenters. The third-order valence-electron chi connectivity index (χ3n) is 4.37. The number of para-hydroxylation sites is 2. The number of esters is 1. The zero-order valence-electron chi connectivity index (χ0n) is 15.7. The summed E-state index contributed by atoms with van der Waals surface area (Å²) in [6, 6.07) is 23.0. The monoisotopic (exact) mass is 386 g/mol. The Bertz CT molecular complexity index is 1200. The minimum absolute atomic E-state index is 0.268. The second-order valence-electron chi connectivity index (χ2n) is 6.46. The van der Waals surface area contributed by atoms with Gasteiger partial charge in [-0.25, -0.2) is 9.78 Å². The van der Waals surface area contributed by atoms with Crippen LogP contribution in [0.3, 0.4) is 0 Å². The van der Waals surface area contributed by atoms with Crippen molar-refractivity contribution < 1.29 is 14.3 Å². The Morgan fingerprint density at radius 1 is 0.897 bits per heavy atom. The van der Waals surface area contributed by atoms with Crippen LogP contribution in [0, 0.1) is 0 Å². The molecule has 4 rings (SSSR count). The lowest BCUT2D eigenvalue weighted by Crippen LogP contribution is -2.17. The van der Waals surface area contributed by atoms with Crippen molar-refractivity contribution in [2.24, 2.45) is 0 Å². The fourth-order valence-corrected chi connectivity index (χ4v) is 2.87. The number of carbonyl (C=O) groups is 1. The van der Waals surface area contributed by atoms with Gasteiger partial charge in [-0.15, -0.1) is 0 Å². The van der Waals surface area contributed by atoms with Crippen molar-refractivity contribution in [3.05, 3.63) is 101 Å². The fourth-order valence-electron chi connectivity index (χ4n) is 2.87. The van der Waals surface area contributed by atoms with E-state index < -0.39 is 12.1 Å². The first-order valence-corrected chi connectivity index (χ1v) is 9.13. The molecule has 1 heterocycles. The van der Waals surface area contributed by atoms with Crippen molar-refractivity contribution >= 4 is 16.9 Å². The summed E-state index contributed by atoms with van der Waals surface area (Å²) in [7, 11) is 0. The molecule has 0 fully saturated rings. The first-order chi connectivity index (χ1) is 14.1. The van der Waals surface area contributed by atoms with Crippen LogP contribution in [0.5, 0.6) is 11.5 Å². The van der Waals surface area contributed by atoms with E-state index in [2.05, 4.69) is 9.97 Å². The number of fused-ring (bicyclic) bond motifs is 1. The maximum atomic E-state index is 12.5. The lowest BCUT2D eigenvalue weighted by atomic mass is 10.2. The van der Waals surface area contributed by atoms with Gasteiger partial charge >= 0.3 is 5.97 Å². The summed E-state index contributed by atoms with van der Waals surface area (Å²) in [4.78, 5) is 31.7. The lowest BCUT2D eigenvalue weighted by Gasteiger charge is -2.13. The number of hydrogen-bond acceptors (Lipinski definition) is 5. The first kappa shape index (κ1) is 18.4. The number of nitrogens with one attached hydrogen (secondary N) is 1. The first-order valence-electron chi connectivity index (χ1n) is 9.13. The van der Waals surface area contributed by atoms with Crippen LogP contribution in [0.15, 0.2) is 83.7 Å². The van der Waals surface area contributed by atoms with Gasteiger partial charge < -0.3 is 14.5 Å². The van der Waals surface area contributed by atoms with Gasteiger partial charge in [-0.2, -0.15) is 0 Å². The molecule has 6 nitrogen and oxygen atoms in total. The van der Waals surface area contributed by atoms with E-state index in [0.717, 1.165) is 0 Å². The van der Waals surface area contributed by atoms with Crippen molar-refractivity contribution in [2.45, 2.75) is 13.0 Å². The average Bonchev–Trinajstić information content (AvgIpc) is 2.75. The Hall–Kier alpha value is -3.93. The van der Waals surface area contributed by atoms with Gasteiger partial charge in [-0.05, 0) is 55.5 Å². The molecule has 0 aliphatic carbocycles. The second kappa shape index (κ2) is 7.98. The highest BCUT2D eigenvalue weighted by atomic mass is 16.5. The van der Waals surface area contributed by atoms with Crippen LogP contribution < -0.4 is 10.3 Å². The topological polar surface area (TPSA) is 81.3 Å². The number of benzene rings is 3. The predicted molar refractivity (Wildman–Crippen MR) is 109 cm³/mol. The Kier molecular flexibility index (Phi) is 5.07. The standard InChI is InChI=1S/C23H18N2O4/c1-15(21-24-20-10-6-5-9-19(20)22(26)25-21)28-23(27)16-11-13-18(14-12-16)29-17-7-3-2-4-8-17/h2-15H,1H3,(H,24,25,26)/t15-/m0/s1. The molecule has 0 unspecified atom stereocenters. The maximum absolute atomic E-state index is 12.5. The van der Waals surface area contributed by atoms with Gasteiger partial charge in [0.25, 0.3) is 5.56 Å². The summed E-state index contributed by atoms with van der Waals surface area (Å²) in [5.41, 5.74) is 0.660. The Labute approximate surface area is 166 Å². The number of H-pyrrole nitrogens is 1. The number of aromatic nitrogens is 2. The molecule has 0 amide bonds. The van der Waals surface area contributed by atoms with Gasteiger partial charge in [0.05, 0.1) is 16.5 Å². The molecule has 0 saturated heterocycles. The molecule has 0 aliphatic heterocycles. The number of ether oxygens (including phenoxy) is 2. The van der Waals surface area contributed by atoms with Crippen LogP contribution in [-0.4, -0.2) is 15.9 Å². The average molecular weight is 386 g/mol. The molecule has 0 radical (unpaired) electrons. The van der Waals surface area contributed by atoms with E-state index in [1.165, 1.54) is 0 Å². The zero-order valence-corrected chi connectivity index (χ0v) is 15.7. The molecule has 0 spiro atoms. The second-order valence-corrected chi connectivity index (χ2v) is 6.46. The van der Waals surface area contributed by atoms with E-state index in [-0.39, 0.29) is 5.56 Å². The van der Waals surface area contributed by atoms with Gasteiger partial charge in [-0.3, -0.25) is 4.79 Å². The zero-order chi connectivity index (χ0) is 20.2. The summed E-state index contributed by atoms with van der Waals surface area (Å²) >= 11 is 0. The van der Waals surface area contributed by atoms with Crippen molar-refractivity contribution in [2.75, 3.05) is 0 Å². The van der Waals surface area contributed by atoms with Gasteiger partial charge in [-0.1, -0.05) is 30.3 Å². The summed E-state index contributed by atoms with van der Waals surface area (Å²) in [6.07, 6.45) is -0.708. The molecule has 0 aliphatic rings. The van der Waals surface area contributed by atoms with E-state index >= 15 is 0 Å². The minimum atomic E-state index is -0.708. The molecule has 144 valence electrons. The normalized spacial score (nSPS) is 11.8. The van der Waals surface area contributed by atoms with E-state index in [9.17, 15) is 9.59 Å². The summed E-state index contributed by atoms with van der Waals surface area (Å²) < 4.78 is 11.2. The third kappa shape index (κ3) is 4.16. The molecular formula is C23H18N2O4. The molecule has 1 N–H and O–H groups in total. The Balaban J connectivity index is 1.47. The molecule has 3 aromatic carbocycles. The van der Waals surface area contributed by atoms with Gasteiger partial charge in [0.1, 0.15) is 11.5 Å². The fraction of sp³-hybridized carbons (Fsp3) is 0.0870. The van der Waals surface area contributed by atoms with Gasteiger partial charge in [0, 0.05) is 0 Å². The highest BCUT2D eigenvalue weighted by molar-refractivity contribution is 5.89. The number of aromatic amines is 1. The SMILES string of the molecule is C[C@H](OC(=O)c1ccc(Oc2ccccc2)cc1)c1nc2ccccc2c(=O)[nH]1. The molecule has 1 aromatic heterocycles. The maximum Gasteiger partial charge on any atom is 0.338 e. The van der Waals surface area contributed by atoms with Crippen molar-refractivity contribution in [1.29, 1.82) is 0 Å². The molecule has 4 aromatic rings. The summed E-state index contributed by atoms with van der Waals surface area (Å²) in [6.45, 7) is 1.66. The lowest BCUT2D eigenvalue weighted by molar-refractivity contribution is 0.0320. The number of hydrogen-bond donors (Lipinski definition) is 1. The summed E-state index contributed by atoms with van der Waals surface area (Å²) in [5, 5.41) is 0.490. The number of nitrogens with zero attached hydrogens (tertiary/aromatic N) is 1. The van der Waals surface area contributed by atoms with E-state index in [0.29, 0.717) is 33.8 Å². The smallest absolute Gasteiger partial charge is 0.338 e. The molecule has 29 heavy (non-hydrogen) atoms. The molecule has 0 bridgehead atoms. The van der Waals surface area contributed by atoms with Crippen LogP contribution in [0.2, 0.25) is 0 Å². The van der Waals surface area contributed by atoms with E-state index in [1.807, 2.05) is 30.3 Å². The number of rotatable bonds is 5.